The van der Waals surface area contributed by atoms with E-state index in [1.165, 1.54) is 25.1 Å². The summed E-state index contributed by atoms with van der Waals surface area (Å²) in [5.41, 5.74) is 1.18. The molecule has 0 bridgehead atoms. The molecule has 0 fully saturated rings. The Morgan fingerprint density at radius 2 is 1.81 bits per heavy atom. The van der Waals surface area contributed by atoms with Crippen LogP contribution in [0.1, 0.15) is 22.8 Å². The van der Waals surface area contributed by atoms with E-state index in [-0.39, 0.29) is 17.3 Å². The Hall–Kier alpha value is -2.02. The van der Waals surface area contributed by atoms with Gasteiger partial charge < -0.3 is 0 Å². The summed E-state index contributed by atoms with van der Waals surface area (Å²) in [4.78, 5) is 18.3. The van der Waals surface area contributed by atoms with Gasteiger partial charge in [0.1, 0.15) is 0 Å². The van der Waals surface area contributed by atoms with Crippen molar-refractivity contribution in [2.24, 2.45) is 0 Å². The first-order valence-corrected chi connectivity index (χ1v) is 7.76. The number of nitrogens with one attached hydrogen (secondary N) is 1. The molecule has 0 saturated carbocycles. The third kappa shape index (κ3) is 4.22. The zero-order valence-electron chi connectivity index (χ0n) is 11.4. The molecule has 0 unspecified atom stereocenters. The van der Waals surface area contributed by atoms with Crippen molar-refractivity contribution in [1.29, 1.82) is 0 Å². The van der Waals surface area contributed by atoms with Crippen molar-refractivity contribution in [3.05, 3.63) is 65.7 Å². The van der Waals surface area contributed by atoms with Gasteiger partial charge in [-0.05, 0) is 24.6 Å². The van der Waals surface area contributed by atoms with Gasteiger partial charge >= 0.3 is 0 Å². The molecular weight excluding hydrogens is 290 g/mol. The van der Waals surface area contributed by atoms with Gasteiger partial charge in [-0.2, -0.15) is 0 Å². The summed E-state index contributed by atoms with van der Waals surface area (Å²) in [6.07, 6.45) is 0. The second-order valence-corrected chi connectivity index (χ2v) is 6.09. The number of carbonyl (C=O) groups excluding carboxylic acids is 1. The van der Waals surface area contributed by atoms with Crippen molar-refractivity contribution < 1.29 is 18.0 Å². The Morgan fingerprint density at radius 3 is 2.48 bits per heavy atom. The summed E-state index contributed by atoms with van der Waals surface area (Å²) in [5.74, 6) is -0.197. The maximum Gasteiger partial charge on any atom is 0.262 e. The molecule has 0 aromatic heterocycles. The van der Waals surface area contributed by atoms with Crippen LogP contribution in [0.5, 0.6) is 0 Å². The minimum atomic E-state index is -3.81. The highest BCUT2D eigenvalue weighted by molar-refractivity contribution is 7.89. The first-order chi connectivity index (χ1) is 9.99. The van der Waals surface area contributed by atoms with Crippen LogP contribution < -0.4 is 4.89 Å². The molecule has 2 aromatic rings. The van der Waals surface area contributed by atoms with Crippen LogP contribution in [-0.4, -0.2) is 14.2 Å². The Kier molecular flexibility index (Phi) is 4.85. The first-order valence-electron chi connectivity index (χ1n) is 6.27. The van der Waals surface area contributed by atoms with Gasteiger partial charge in [-0.1, -0.05) is 47.3 Å². The predicted molar refractivity (Wildman–Crippen MR) is 78.0 cm³/mol. The van der Waals surface area contributed by atoms with Gasteiger partial charge in [0, 0.05) is 5.56 Å². The van der Waals surface area contributed by atoms with Gasteiger partial charge in [-0.3, -0.25) is 9.63 Å². The van der Waals surface area contributed by atoms with Crippen LogP contribution in [0.2, 0.25) is 0 Å². The van der Waals surface area contributed by atoms with Gasteiger partial charge in [0.15, 0.2) is 5.78 Å². The number of carbonyl (C=O) groups is 1. The lowest BCUT2D eigenvalue weighted by Gasteiger charge is -2.08. The number of sulfonamides is 1. The van der Waals surface area contributed by atoms with E-state index in [1.807, 2.05) is 30.3 Å². The summed E-state index contributed by atoms with van der Waals surface area (Å²) in [7, 11) is -3.81. The van der Waals surface area contributed by atoms with E-state index in [1.54, 1.807) is 6.07 Å². The molecule has 0 radical (unpaired) electrons. The lowest BCUT2D eigenvalue weighted by Crippen LogP contribution is -2.24. The van der Waals surface area contributed by atoms with Crippen LogP contribution >= 0.6 is 0 Å². The zero-order chi connectivity index (χ0) is 15.3. The predicted octanol–water partition coefficient (Wildman–Crippen LogP) is 2.30. The van der Waals surface area contributed by atoms with Crippen molar-refractivity contribution in [2.45, 2.75) is 18.4 Å². The van der Waals surface area contributed by atoms with E-state index >= 15 is 0 Å². The molecule has 5 nitrogen and oxygen atoms in total. The SMILES string of the molecule is CC(=O)c1cccc(S(=O)(=O)NOCc2ccccc2)c1. The number of hydrogen-bond acceptors (Lipinski definition) is 4. The number of hydrogen-bond donors (Lipinski definition) is 1. The third-order valence-corrected chi connectivity index (χ3v) is 4.01. The van der Waals surface area contributed by atoms with Gasteiger partial charge in [0.25, 0.3) is 10.0 Å². The summed E-state index contributed by atoms with van der Waals surface area (Å²) < 4.78 is 24.1. The quantitative estimate of drug-likeness (QED) is 0.656. The molecule has 1 N–H and O–H groups in total. The van der Waals surface area contributed by atoms with E-state index in [0.717, 1.165) is 5.56 Å². The molecule has 0 spiro atoms. The zero-order valence-corrected chi connectivity index (χ0v) is 12.3. The maximum absolute atomic E-state index is 12.0. The van der Waals surface area contributed by atoms with Crippen LogP contribution in [0.25, 0.3) is 0 Å². The van der Waals surface area contributed by atoms with Crippen LogP contribution in [0.15, 0.2) is 59.5 Å². The Bertz CT molecular complexity index is 726. The normalized spacial score (nSPS) is 11.3. The number of rotatable bonds is 6. The number of benzene rings is 2. The smallest absolute Gasteiger partial charge is 0.262 e. The molecular formula is C15H15NO4S. The van der Waals surface area contributed by atoms with Crippen molar-refractivity contribution >= 4 is 15.8 Å². The second kappa shape index (κ2) is 6.62. The van der Waals surface area contributed by atoms with E-state index in [9.17, 15) is 13.2 Å². The lowest BCUT2D eigenvalue weighted by molar-refractivity contribution is 0.0795. The van der Waals surface area contributed by atoms with Crippen LogP contribution in [-0.2, 0) is 21.5 Å². The average Bonchev–Trinajstić information content (AvgIpc) is 2.48. The molecule has 2 rings (SSSR count). The fourth-order valence-corrected chi connectivity index (χ4v) is 2.55. The molecule has 6 heteroatoms. The summed E-state index contributed by atoms with van der Waals surface area (Å²) >= 11 is 0. The molecule has 0 aliphatic rings. The topological polar surface area (TPSA) is 72.5 Å². The van der Waals surface area contributed by atoms with Crippen LogP contribution in [0.4, 0.5) is 0 Å². The van der Waals surface area contributed by atoms with Crippen molar-refractivity contribution in [3.63, 3.8) is 0 Å². The summed E-state index contributed by atoms with van der Waals surface area (Å²) in [5, 5.41) is 0. The van der Waals surface area contributed by atoms with Crippen molar-refractivity contribution in [3.8, 4) is 0 Å². The summed E-state index contributed by atoms with van der Waals surface area (Å²) in [6.45, 7) is 1.50. The number of ketones is 1. The number of Topliss-reactive ketones (excluding diaryl/α,β-unsaturated/α-hetero) is 1. The fourth-order valence-electron chi connectivity index (χ4n) is 1.69. The molecule has 0 saturated heterocycles. The summed E-state index contributed by atoms with van der Waals surface area (Å²) in [6, 6.07) is 15.0. The van der Waals surface area contributed by atoms with E-state index in [2.05, 4.69) is 4.89 Å². The van der Waals surface area contributed by atoms with Gasteiger partial charge in [0.05, 0.1) is 11.5 Å². The molecule has 110 valence electrons. The molecule has 0 aliphatic heterocycles. The highest BCUT2D eigenvalue weighted by Gasteiger charge is 2.15. The molecule has 0 heterocycles. The van der Waals surface area contributed by atoms with E-state index < -0.39 is 10.0 Å². The molecule has 2 aromatic carbocycles. The van der Waals surface area contributed by atoms with E-state index in [4.69, 9.17) is 4.84 Å². The van der Waals surface area contributed by atoms with E-state index in [0.29, 0.717) is 5.56 Å². The van der Waals surface area contributed by atoms with Gasteiger partial charge in [-0.15, -0.1) is 0 Å². The molecule has 0 aliphatic carbocycles. The first kappa shape index (κ1) is 15.4. The van der Waals surface area contributed by atoms with Crippen LogP contribution in [0.3, 0.4) is 0 Å². The van der Waals surface area contributed by atoms with Gasteiger partial charge in [0.2, 0.25) is 0 Å². The molecule has 0 amide bonds. The minimum absolute atomic E-state index is 0.0109. The average molecular weight is 305 g/mol. The maximum atomic E-state index is 12.0. The largest absolute Gasteiger partial charge is 0.295 e. The Labute approximate surface area is 123 Å². The Morgan fingerprint density at radius 1 is 1.10 bits per heavy atom. The highest BCUT2D eigenvalue weighted by Crippen LogP contribution is 2.12. The third-order valence-electron chi connectivity index (χ3n) is 2.80. The van der Waals surface area contributed by atoms with Gasteiger partial charge in [-0.25, -0.2) is 8.42 Å². The molecule has 21 heavy (non-hydrogen) atoms. The highest BCUT2D eigenvalue weighted by atomic mass is 32.2. The minimum Gasteiger partial charge on any atom is -0.295 e. The Balaban J connectivity index is 2.05. The second-order valence-electron chi connectivity index (χ2n) is 4.45. The molecule has 0 atom stereocenters. The standard InChI is InChI=1S/C15H15NO4S/c1-12(17)14-8-5-9-15(10-14)21(18,19)16-20-11-13-6-3-2-4-7-13/h2-10,16H,11H2,1H3. The fraction of sp³-hybridized carbons (Fsp3) is 0.133. The van der Waals surface area contributed by atoms with Crippen LogP contribution in [0, 0.1) is 0 Å². The monoisotopic (exact) mass is 305 g/mol. The lowest BCUT2D eigenvalue weighted by atomic mass is 10.2. The van der Waals surface area contributed by atoms with Crippen molar-refractivity contribution in [1.82, 2.24) is 4.89 Å². The van der Waals surface area contributed by atoms with Crippen molar-refractivity contribution in [2.75, 3.05) is 0 Å².